The van der Waals surface area contributed by atoms with Crippen molar-refractivity contribution in [3.63, 3.8) is 0 Å². The number of aryl methyl sites for hydroxylation is 2. The van der Waals surface area contributed by atoms with Crippen LogP contribution in [0.2, 0.25) is 15.1 Å². The third kappa shape index (κ3) is 10.7. The van der Waals surface area contributed by atoms with Crippen LogP contribution in [0.3, 0.4) is 0 Å². The lowest BCUT2D eigenvalue weighted by Gasteiger charge is -2.41. The normalized spacial score (nSPS) is 14.5. The summed E-state index contributed by atoms with van der Waals surface area (Å²) in [7, 11) is 0. The summed E-state index contributed by atoms with van der Waals surface area (Å²) < 4.78 is 12.5. The van der Waals surface area contributed by atoms with Gasteiger partial charge in [0.05, 0.1) is 34.5 Å². The smallest absolute Gasteiger partial charge is 0.410 e. The van der Waals surface area contributed by atoms with E-state index in [0.717, 1.165) is 47.3 Å². The molecule has 0 spiro atoms. The summed E-state index contributed by atoms with van der Waals surface area (Å²) in [5.74, 6) is -0.801. The van der Waals surface area contributed by atoms with E-state index >= 15 is 0 Å². The van der Waals surface area contributed by atoms with Crippen LogP contribution in [0.5, 0.6) is 5.75 Å². The number of fused-ring (bicyclic) bond motifs is 2. The molecule has 308 valence electrons. The molecule has 0 aliphatic carbocycles. The fraction of sp³-hybridized carbons (Fsp3) is 0.279. The predicted molar refractivity (Wildman–Crippen MR) is 226 cm³/mol. The quantitative estimate of drug-likeness (QED) is 0.155. The monoisotopic (exact) mass is 860 g/mol. The number of carboxylic acids is 1. The summed E-state index contributed by atoms with van der Waals surface area (Å²) in [6, 6.07) is 26.1. The Balaban J connectivity index is 0.000000220. The number of piperazine rings is 1. The minimum Gasteiger partial charge on any atom is -0.489 e. The Bertz CT molecular complexity index is 2170. The average molecular weight is 862 g/mol. The molecule has 1 fully saturated rings. The van der Waals surface area contributed by atoms with E-state index in [1.165, 1.54) is 20.7 Å². The molecule has 7 rings (SSSR count). The zero-order valence-electron chi connectivity index (χ0n) is 32.3. The van der Waals surface area contributed by atoms with Crippen molar-refractivity contribution in [1.82, 2.24) is 24.3 Å². The van der Waals surface area contributed by atoms with Crippen molar-refractivity contribution in [1.29, 1.82) is 0 Å². The first kappa shape index (κ1) is 42.8. The van der Waals surface area contributed by atoms with Crippen molar-refractivity contribution >= 4 is 70.3 Å². The molecule has 4 amide bonds. The number of rotatable bonds is 9. The van der Waals surface area contributed by atoms with E-state index in [1.807, 2.05) is 85.8 Å². The Labute approximate surface area is 357 Å². The molecule has 1 aromatic heterocycles. The molecule has 1 saturated heterocycles. The lowest BCUT2D eigenvalue weighted by Crippen LogP contribution is -2.61. The Morgan fingerprint density at radius 1 is 0.847 bits per heavy atom. The number of nitrogens with zero attached hydrogens (tertiary/aromatic N) is 6. The molecule has 1 N–H and O–H groups in total. The number of hydrogen-bond acceptors (Lipinski definition) is 7. The van der Waals surface area contributed by atoms with Crippen LogP contribution in [-0.2, 0) is 29.0 Å². The van der Waals surface area contributed by atoms with Crippen LogP contribution in [0.25, 0.3) is 0 Å². The molecule has 59 heavy (non-hydrogen) atoms. The van der Waals surface area contributed by atoms with Gasteiger partial charge in [0.25, 0.3) is 0 Å². The number of amides is 4. The van der Waals surface area contributed by atoms with Gasteiger partial charge in [0.1, 0.15) is 25.6 Å². The van der Waals surface area contributed by atoms with Gasteiger partial charge in [-0.25, -0.2) is 24.2 Å². The van der Waals surface area contributed by atoms with Crippen LogP contribution in [0.15, 0.2) is 110 Å². The van der Waals surface area contributed by atoms with Crippen molar-refractivity contribution in [2.24, 2.45) is 0 Å². The predicted octanol–water partition coefficient (Wildman–Crippen LogP) is 9.05. The lowest BCUT2D eigenvalue weighted by atomic mass is 10.0. The van der Waals surface area contributed by atoms with E-state index in [1.54, 1.807) is 34.3 Å². The van der Waals surface area contributed by atoms with Crippen LogP contribution in [-0.4, -0.2) is 98.9 Å². The molecule has 1 atom stereocenters. The van der Waals surface area contributed by atoms with Gasteiger partial charge in [0, 0.05) is 37.1 Å². The molecule has 3 heterocycles. The number of imidazole rings is 1. The Hall–Kier alpha value is -5.76. The summed E-state index contributed by atoms with van der Waals surface area (Å²) >= 11 is 18.0. The summed E-state index contributed by atoms with van der Waals surface area (Å²) in [5, 5.41) is 11.1. The third-order valence-electron chi connectivity index (χ3n) is 9.75. The van der Waals surface area contributed by atoms with Gasteiger partial charge >= 0.3 is 24.1 Å². The lowest BCUT2D eigenvalue weighted by molar-refractivity contribution is -0.143. The largest absolute Gasteiger partial charge is 0.489 e. The van der Waals surface area contributed by atoms with E-state index in [-0.39, 0.29) is 38.9 Å². The van der Waals surface area contributed by atoms with Crippen molar-refractivity contribution < 1.29 is 33.8 Å². The minimum absolute atomic E-state index is 0.0804. The standard InChI is InChI=1S/C28H27N3O5.C15H16Cl3N3O2/c32-26(33)25-18-29(28(35)36-19-20-8-2-1-3-9-20)16-17-30(25)27(34)31-23-12-6-4-10-21(23)14-15-22-11-5-7-13-24(22)31;1-2-4-20(15(22)21-5-3-19-10-21)6-7-23-14-12(17)8-11(16)9-13(14)18/h1-13,25H,14-19H2,(H,32,33);3,5,8-10H,2,4,6-7H2,1H3/t25-;/m0./s1. The maximum atomic E-state index is 14.0. The van der Waals surface area contributed by atoms with Gasteiger partial charge in [0.15, 0.2) is 5.75 Å². The highest BCUT2D eigenvalue weighted by Crippen LogP contribution is 2.38. The second kappa shape index (κ2) is 20.3. The van der Waals surface area contributed by atoms with Crippen LogP contribution < -0.4 is 9.64 Å². The van der Waals surface area contributed by atoms with E-state index < -0.39 is 24.1 Å². The Kier molecular flexibility index (Phi) is 14.7. The van der Waals surface area contributed by atoms with Gasteiger partial charge in [-0.2, -0.15) is 0 Å². The summed E-state index contributed by atoms with van der Waals surface area (Å²) in [5.41, 5.74) is 4.39. The van der Waals surface area contributed by atoms with Gasteiger partial charge < -0.3 is 29.3 Å². The molecule has 5 aromatic rings. The first-order chi connectivity index (χ1) is 28.5. The van der Waals surface area contributed by atoms with Crippen LogP contribution >= 0.6 is 34.8 Å². The number of urea groups is 1. The molecule has 13 nitrogen and oxygen atoms in total. The number of carboxylic acid groups (broad SMARTS) is 1. The zero-order valence-corrected chi connectivity index (χ0v) is 34.5. The number of anilines is 2. The van der Waals surface area contributed by atoms with Crippen LogP contribution in [0.1, 0.15) is 30.0 Å². The molecule has 2 aliphatic heterocycles. The summed E-state index contributed by atoms with van der Waals surface area (Å²) in [6.45, 7) is 3.49. The van der Waals surface area contributed by atoms with Gasteiger partial charge in [-0.05, 0) is 60.2 Å². The van der Waals surface area contributed by atoms with Crippen molar-refractivity contribution in [2.45, 2.75) is 38.8 Å². The fourth-order valence-electron chi connectivity index (χ4n) is 6.85. The molecule has 0 bridgehead atoms. The molecular weight excluding hydrogens is 819 g/mol. The van der Waals surface area contributed by atoms with E-state index in [9.17, 15) is 24.3 Å². The van der Waals surface area contributed by atoms with Crippen LogP contribution in [0.4, 0.5) is 25.8 Å². The maximum absolute atomic E-state index is 14.0. The number of ether oxygens (including phenoxy) is 2. The van der Waals surface area contributed by atoms with Crippen molar-refractivity contribution in [3.05, 3.63) is 141 Å². The molecule has 0 unspecified atom stereocenters. The topological polar surface area (TPSA) is 138 Å². The highest BCUT2D eigenvalue weighted by Gasteiger charge is 2.41. The number of para-hydroxylation sites is 2. The summed E-state index contributed by atoms with van der Waals surface area (Å²) in [4.78, 5) is 61.2. The van der Waals surface area contributed by atoms with Gasteiger partial charge in [-0.1, -0.05) is 108 Å². The number of halogens is 3. The van der Waals surface area contributed by atoms with Crippen LogP contribution in [0, 0.1) is 0 Å². The molecule has 4 aromatic carbocycles. The Morgan fingerprint density at radius 2 is 1.47 bits per heavy atom. The third-order valence-corrected chi connectivity index (χ3v) is 10.5. The first-order valence-electron chi connectivity index (χ1n) is 19.0. The van der Waals surface area contributed by atoms with Gasteiger partial charge in [-0.15, -0.1) is 0 Å². The molecule has 0 radical (unpaired) electrons. The number of hydrogen-bond donors (Lipinski definition) is 1. The van der Waals surface area contributed by atoms with E-state index in [0.29, 0.717) is 33.9 Å². The number of carbonyl (C=O) groups is 4. The highest BCUT2D eigenvalue weighted by atomic mass is 35.5. The minimum atomic E-state index is -1.20. The van der Waals surface area contributed by atoms with E-state index in [4.69, 9.17) is 44.3 Å². The van der Waals surface area contributed by atoms with Crippen molar-refractivity contribution in [2.75, 3.05) is 44.2 Å². The highest BCUT2D eigenvalue weighted by molar-refractivity contribution is 6.40. The first-order valence-corrected chi connectivity index (χ1v) is 20.2. The molecule has 0 saturated carbocycles. The molecular formula is C43H43Cl3N6O7. The fourth-order valence-corrected chi connectivity index (χ4v) is 7.77. The number of carbonyl (C=O) groups excluding carboxylic acids is 3. The van der Waals surface area contributed by atoms with Gasteiger partial charge in [-0.3, -0.25) is 9.47 Å². The molecule has 2 aliphatic rings. The number of aromatic nitrogens is 2. The summed E-state index contributed by atoms with van der Waals surface area (Å²) in [6.07, 6.45) is 6.44. The maximum Gasteiger partial charge on any atom is 0.410 e. The van der Waals surface area contributed by atoms with Gasteiger partial charge in [0.2, 0.25) is 0 Å². The Morgan fingerprint density at radius 3 is 2.07 bits per heavy atom. The number of aliphatic carboxylic acids is 1. The molecule has 16 heteroatoms. The second-order valence-electron chi connectivity index (χ2n) is 13.7. The average Bonchev–Trinajstić information content (AvgIpc) is 3.73. The van der Waals surface area contributed by atoms with Crippen molar-refractivity contribution in [3.8, 4) is 5.75 Å². The second-order valence-corrected chi connectivity index (χ2v) is 14.9. The zero-order chi connectivity index (χ0) is 41.9. The number of benzene rings is 4. The SMILES string of the molecule is CCCN(CCOc1c(Cl)cc(Cl)cc1Cl)C(=O)n1ccnc1.O=C(O)[C@@H]1CN(C(=O)OCc2ccccc2)CCN1C(=O)N1c2ccccc2CCc2ccccc21. The van der Waals surface area contributed by atoms with E-state index in [2.05, 4.69) is 4.98 Å².